The Bertz CT molecular complexity index is 585. The number of benzene rings is 1. The molecule has 18 heavy (non-hydrogen) atoms. The lowest BCUT2D eigenvalue weighted by Gasteiger charge is -2.06. The van der Waals surface area contributed by atoms with Crippen LogP contribution >= 0.6 is 38.9 Å². The molecule has 0 aliphatic heterocycles. The molecule has 1 heterocycles. The van der Waals surface area contributed by atoms with Crippen LogP contribution in [0.3, 0.4) is 0 Å². The van der Waals surface area contributed by atoms with Gasteiger partial charge in [0.2, 0.25) is 0 Å². The van der Waals surface area contributed by atoms with Crippen molar-refractivity contribution in [1.29, 1.82) is 0 Å². The van der Waals surface area contributed by atoms with Gasteiger partial charge in [-0.3, -0.25) is 0 Å². The van der Waals surface area contributed by atoms with Crippen molar-refractivity contribution in [2.24, 2.45) is 0 Å². The normalized spacial score (nSPS) is 10.3. The van der Waals surface area contributed by atoms with Gasteiger partial charge in [0.15, 0.2) is 0 Å². The molecule has 2 aromatic rings. The number of nitrogens with one attached hydrogen (secondary N) is 1. The second kappa shape index (κ2) is 5.73. The van der Waals surface area contributed by atoms with E-state index in [0.29, 0.717) is 11.0 Å². The number of carbonyl (C=O) groups is 1. The van der Waals surface area contributed by atoms with Crippen LogP contribution in [0.5, 0.6) is 0 Å². The van der Waals surface area contributed by atoms with Crippen LogP contribution in [0.25, 0.3) is 0 Å². The van der Waals surface area contributed by atoms with Crippen molar-refractivity contribution in [3.05, 3.63) is 49.6 Å². The summed E-state index contributed by atoms with van der Waals surface area (Å²) >= 11 is 10.6. The molecule has 0 saturated heterocycles. The quantitative estimate of drug-likeness (QED) is 0.858. The van der Waals surface area contributed by atoms with E-state index in [0.717, 1.165) is 14.9 Å². The number of carboxylic acid groups (broad SMARTS) is 1. The number of rotatable bonds is 4. The maximum Gasteiger partial charge on any atom is 0.336 e. The highest BCUT2D eigenvalue weighted by molar-refractivity contribution is 9.10. The molecule has 0 saturated carbocycles. The van der Waals surface area contributed by atoms with Crippen LogP contribution < -0.4 is 5.32 Å². The van der Waals surface area contributed by atoms with E-state index in [-0.39, 0.29) is 5.56 Å². The van der Waals surface area contributed by atoms with Crippen molar-refractivity contribution in [3.63, 3.8) is 0 Å². The molecule has 94 valence electrons. The van der Waals surface area contributed by atoms with Crippen LogP contribution in [0.15, 0.2) is 34.8 Å². The summed E-state index contributed by atoms with van der Waals surface area (Å²) in [6.45, 7) is 0.663. The van der Waals surface area contributed by atoms with Crippen molar-refractivity contribution in [2.45, 2.75) is 6.54 Å². The summed E-state index contributed by atoms with van der Waals surface area (Å²) in [6, 6.07) is 8.87. The molecule has 0 aliphatic carbocycles. The molecule has 1 aromatic heterocycles. The molecule has 3 nitrogen and oxygen atoms in total. The Hall–Kier alpha value is -1.04. The molecule has 1 aromatic carbocycles. The van der Waals surface area contributed by atoms with Crippen LogP contribution in [0.4, 0.5) is 5.69 Å². The van der Waals surface area contributed by atoms with E-state index in [1.807, 2.05) is 12.1 Å². The third kappa shape index (κ3) is 3.25. The first-order chi connectivity index (χ1) is 8.56. The van der Waals surface area contributed by atoms with Gasteiger partial charge >= 0.3 is 5.97 Å². The van der Waals surface area contributed by atoms with E-state index in [2.05, 4.69) is 21.2 Å². The molecule has 0 aliphatic rings. The lowest BCUT2D eigenvalue weighted by atomic mass is 10.2. The van der Waals surface area contributed by atoms with Gasteiger partial charge in [0.25, 0.3) is 0 Å². The van der Waals surface area contributed by atoms with Gasteiger partial charge in [-0.05, 0) is 46.3 Å². The molecule has 0 fully saturated rings. The predicted octanol–water partition coefficient (Wildman–Crippen LogP) is 4.47. The fourth-order valence-corrected chi connectivity index (χ4v) is 3.01. The number of hydrogen-bond acceptors (Lipinski definition) is 3. The van der Waals surface area contributed by atoms with Gasteiger partial charge in [-0.2, -0.15) is 0 Å². The minimum atomic E-state index is -0.946. The molecule has 0 bridgehead atoms. The van der Waals surface area contributed by atoms with Crippen LogP contribution in [0, 0.1) is 0 Å². The van der Waals surface area contributed by atoms with E-state index in [1.165, 1.54) is 11.3 Å². The number of aromatic carboxylic acids is 1. The topological polar surface area (TPSA) is 49.3 Å². The van der Waals surface area contributed by atoms with Crippen molar-refractivity contribution < 1.29 is 9.90 Å². The SMILES string of the molecule is O=C(O)c1ccc(NCc2ccc(Cl)s2)cc1Br. The van der Waals surface area contributed by atoms with Crippen molar-refractivity contribution in [3.8, 4) is 0 Å². The van der Waals surface area contributed by atoms with Gasteiger partial charge in [0, 0.05) is 21.6 Å². The summed E-state index contributed by atoms with van der Waals surface area (Å²) in [5, 5.41) is 12.1. The van der Waals surface area contributed by atoms with E-state index < -0.39 is 5.97 Å². The number of thiophene rings is 1. The summed E-state index contributed by atoms with van der Waals surface area (Å²) in [7, 11) is 0. The lowest BCUT2D eigenvalue weighted by molar-refractivity contribution is 0.0696. The first kappa shape index (κ1) is 13.4. The first-order valence-electron chi connectivity index (χ1n) is 5.07. The smallest absolute Gasteiger partial charge is 0.336 e. The maximum atomic E-state index is 10.9. The average molecular weight is 347 g/mol. The molecular formula is C12H9BrClNO2S. The van der Waals surface area contributed by atoms with E-state index in [4.69, 9.17) is 16.7 Å². The summed E-state index contributed by atoms with van der Waals surface area (Å²) in [5.74, 6) is -0.946. The lowest BCUT2D eigenvalue weighted by Crippen LogP contribution is -2.01. The molecule has 0 unspecified atom stereocenters. The number of anilines is 1. The van der Waals surface area contributed by atoms with Crippen molar-refractivity contribution >= 4 is 50.5 Å². The van der Waals surface area contributed by atoms with Crippen LogP contribution in [0.1, 0.15) is 15.2 Å². The molecular weight excluding hydrogens is 338 g/mol. The maximum absolute atomic E-state index is 10.9. The standard InChI is InChI=1S/C12H9BrClNO2S/c13-10-5-7(1-3-9(10)12(16)17)15-6-8-2-4-11(14)18-8/h1-5,15H,6H2,(H,16,17). The highest BCUT2D eigenvalue weighted by Gasteiger charge is 2.08. The fraction of sp³-hybridized carbons (Fsp3) is 0.0833. The third-order valence-electron chi connectivity index (χ3n) is 2.30. The van der Waals surface area contributed by atoms with Crippen molar-refractivity contribution in [1.82, 2.24) is 0 Å². The Morgan fingerprint density at radius 2 is 2.17 bits per heavy atom. The third-order valence-corrected chi connectivity index (χ3v) is 4.18. The van der Waals surface area contributed by atoms with Gasteiger partial charge in [-0.25, -0.2) is 4.79 Å². The number of halogens is 2. The highest BCUT2D eigenvalue weighted by atomic mass is 79.9. The second-order valence-corrected chi connectivity index (χ2v) is 6.21. The van der Waals surface area contributed by atoms with Gasteiger partial charge < -0.3 is 10.4 Å². The summed E-state index contributed by atoms with van der Waals surface area (Å²) in [4.78, 5) is 12.0. The highest BCUT2D eigenvalue weighted by Crippen LogP contribution is 2.24. The van der Waals surface area contributed by atoms with Crippen LogP contribution in [0.2, 0.25) is 4.34 Å². The number of hydrogen-bond donors (Lipinski definition) is 2. The second-order valence-electron chi connectivity index (χ2n) is 3.56. The molecule has 0 atom stereocenters. The average Bonchev–Trinajstić information content (AvgIpc) is 2.72. The van der Waals surface area contributed by atoms with Gasteiger partial charge in [-0.1, -0.05) is 11.6 Å². The van der Waals surface area contributed by atoms with Crippen LogP contribution in [-0.2, 0) is 6.54 Å². The Balaban J connectivity index is 2.06. The fourth-order valence-electron chi connectivity index (χ4n) is 1.43. The number of carboxylic acids is 1. The molecule has 2 N–H and O–H groups in total. The van der Waals surface area contributed by atoms with E-state index >= 15 is 0 Å². The summed E-state index contributed by atoms with van der Waals surface area (Å²) in [6.07, 6.45) is 0. The molecule has 0 spiro atoms. The van der Waals surface area contributed by atoms with E-state index in [9.17, 15) is 4.79 Å². The summed E-state index contributed by atoms with van der Waals surface area (Å²) in [5.41, 5.74) is 1.11. The van der Waals surface area contributed by atoms with E-state index in [1.54, 1.807) is 18.2 Å². The zero-order valence-electron chi connectivity index (χ0n) is 9.11. The van der Waals surface area contributed by atoms with Crippen LogP contribution in [-0.4, -0.2) is 11.1 Å². The van der Waals surface area contributed by atoms with Gasteiger partial charge in [-0.15, -0.1) is 11.3 Å². The molecule has 0 radical (unpaired) electrons. The summed E-state index contributed by atoms with van der Waals surface area (Å²) < 4.78 is 1.32. The largest absolute Gasteiger partial charge is 0.478 e. The predicted molar refractivity (Wildman–Crippen MR) is 77.8 cm³/mol. The zero-order chi connectivity index (χ0) is 13.1. The monoisotopic (exact) mass is 345 g/mol. The Labute approximate surface area is 122 Å². The van der Waals surface area contributed by atoms with Gasteiger partial charge in [0.05, 0.1) is 9.90 Å². The molecule has 2 rings (SSSR count). The Morgan fingerprint density at radius 1 is 1.39 bits per heavy atom. The minimum Gasteiger partial charge on any atom is -0.478 e. The van der Waals surface area contributed by atoms with Gasteiger partial charge in [0.1, 0.15) is 0 Å². The first-order valence-corrected chi connectivity index (χ1v) is 7.06. The zero-order valence-corrected chi connectivity index (χ0v) is 12.3. The molecule has 0 amide bonds. The Kier molecular flexibility index (Phi) is 4.27. The minimum absolute atomic E-state index is 0.250. The molecule has 6 heteroatoms. The Morgan fingerprint density at radius 3 is 2.72 bits per heavy atom. The van der Waals surface area contributed by atoms with Crippen molar-refractivity contribution in [2.75, 3.05) is 5.32 Å².